The summed E-state index contributed by atoms with van der Waals surface area (Å²) >= 11 is 0. The van der Waals surface area contributed by atoms with Gasteiger partial charge < -0.3 is 9.13 Å². The summed E-state index contributed by atoms with van der Waals surface area (Å²) in [6.07, 6.45) is 0. The van der Waals surface area contributed by atoms with Crippen molar-refractivity contribution >= 4 is 43.6 Å². The van der Waals surface area contributed by atoms with E-state index in [-0.39, 0.29) is 0 Å². The Morgan fingerprint density at radius 3 is 1.81 bits per heavy atom. The first kappa shape index (κ1) is 17.3. The minimum Gasteiger partial charge on any atom is -0.344 e. The monoisotopic (exact) mass is 396 g/mol. The first-order chi connectivity index (χ1) is 15.2. The molecule has 0 aliphatic heterocycles. The number of nitriles is 2. The van der Waals surface area contributed by atoms with Crippen molar-refractivity contribution in [2.24, 2.45) is 7.05 Å². The topological polar surface area (TPSA) is 57.4 Å². The van der Waals surface area contributed by atoms with Crippen LogP contribution in [0.4, 0.5) is 0 Å². The standard InChI is InChI=1S/C27H16N4/c1-30-24-5-3-2-4-20(24)23-14-19(8-11-25(23)30)31-26-12-17(15-28)6-9-21(26)22-10-7-18(16-29)13-27(22)31/h2-14H,1H3. The number of aryl methyl sites for hydroxylation is 1. The van der Waals surface area contributed by atoms with Gasteiger partial charge in [-0.3, -0.25) is 0 Å². The summed E-state index contributed by atoms with van der Waals surface area (Å²) in [6.45, 7) is 0. The molecule has 6 aromatic rings. The second kappa shape index (κ2) is 6.23. The molecular weight excluding hydrogens is 380 g/mol. The van der Waals surface area contributed by atoms with E-state index in [4.69, 9.17) is 0 Å². The van der Waals surface area contributed by atoms with Gasteiger partial charge in [-0.25, -0.2) is 0 Å². The highest BCUT2D eigenvalue weighted by atomic mass is 15.0. The van der Waals surface area contributed by atoms with E-state index >= 15 is 0 Å². The van der Waals surface area contributed by atoms with E-state index in [1.165, 1.54) is 21.8 Å². The Balaban J connectivity index is 1.77. The number of hydrogen-bond donors (Lipinski definition) is 0. The molecule has 2 aromatic heterocycles. The van der Waals surface area contributed by atoms with Crippen LogP contribution in [0.3, 0.4) is 0 Å². The summed E-state index contributed by atoms with van der Waals surface area (Å²) < 4.78 is 4.37. The smallest absolute Gasteiger partial charge is 0.0992 e. The van der Waals surface area contributed by atoms with Crippen LogP contribution in [0.15, 0.2) is 78.9 Å². The van der Waals surface area contributed by atoms with E-state index in [2.05, 4.69) is 70.8 Å². The van der Waals surface area contributed by atoms with E-state index in [0.29, 0.717) is 11.1 Å². The molecule has 0 spiro atoms. The molecule has 0 N–H and O–H groups in total. The van der Waals surface area contributed by atoms with E-state index in [1.807, 2.05) is 36.4 Å². The van der Waals surface area contributed by atoms with Crippen molar-refractivity contribution in [3.63, 3.8) is 0 Å². The fourth-order valence-electron chi connectivity index (χ4n) is 4.73. The molecule has 6 rings (SSSR count). The van der Waals surface area contributed by atoms with Gasteiger partial charge in [-0.15, -0.1) is 0 Å². The maximum atomic E-state index is 9.47. The van der Waals surface area contributed by atoms with Crippen molar-refractivity contribution in [3.05, 3.63) is 90.0 Å². The third-order valence-corrected chi connectivity index (χ3v) is 6.18. The first-order valence-corrected chi connectivity index (χ1v) is 10.1. The maximum Gasteiger partial charge on any atom is 0.0992 e. The molecule has 0 unspecified atom stereocenters. The normalized spacial score (nSPS) is 11.3. The molecule has 0 atom stereocenters. The number of fused-ring (bicyclic) bond motifs is 6. The number of nitrogens with zero attached hydrogens (tertiary/aromatic N) is 4. The van der Waals surface area contributed by atoms with Crippen molar-refractivity contribution in [2.75, 3.05) is 0 Å². The van der Waals surface area contributed by atoms with Crippen LogP contribution in [0.5, 0.6) is 0 Å². The highest BCUT2D eigenvalue weighted by Gasteiger charge is 2.15. The van der Waals surface area contributed by atoms with Crippen LogP contribution in [0, 0.1) is 22.7 Å². The van der Waals surface area contributed by atoms with Gasteiger partial charge in [0.2, 0.25) is 0 Å². The van der Waals surface area contributed by atoms with Crippen molar-refractivity contribution in [1.29, 1.82) is 10.5 Å². The van der Waals surface area contributed by atoms with Crippen molar-refractivity contribution in [1.82, 2.24) is 9.13 Å². The van der Waals surface area contributed by atoms with Gasteiger partial charge in [0, 0.05) is 45.3 Å². The molecule has 0 radical (unpaired) electrons. The summed E-state index contributed by atoms with van der Waals surface area (Å²) in [5, 5.41) is 23.5. The lowest BCUT2D eigenvalue weighted by molar-refractivity contribution is 1.01. The summed E-state index contributed by atoms with van der Waals surface area (Å²) in [6, 6.07) is 30.9. The Bertz CT molecular complexity index is 1700. The van der Waals surface area contributed by atoms with Gasteiger partial charge in [-0.05, 0) is 48.5 Å². The van der Waals surface area contributed by atoms with Crippen molar-refractivity contribution < 1.29 is 0 Å². The number of para-hydroxylation sites is 1. The average molecular weight is 396 g/mol. The fraction of sp³-hybridized carbons (Fsp3) is 0.0370. The molecule has 2 heterocycles. The van der Waals surface area contributed by atoms with Crippen LogP contribution in [0.2, 0.25) is 0 Å². The summed E-state index contributed by atoms with van der Waals surface area (Å²) in [4.78, 5) is 0. The minimum absolute atomic E-state index is 0.614. The molecule has 0 aliphatic rings. The van der Waals surface area contributed by atoms with Gasteiger partial charge in [0.05, 0.1) is 34.3 Å². The van der Waals surface area contributed by atoms with E-state index in [1.54, 1.807) is 0 Å². The SMILES string of the molecule is Cn1c2ccccc2c2cc(-n3c4cc(C#N)ccc4c4ccc(C#N)cc43)ccc21. The number of rotatable bonds is 1. The summed E-state index contributed by atoms with van der Waals surface area (Å²) in [7, 11) is 2.09. The molecule has 0 saturated carbocycles. The summed E-state index contributed by atoms with van der Waals surface area (Å²) in [5.74, 6) is 0. The van der Waals surface area contributed by atoms with Gasteiger partial charge in [0.1, 0.15) is 0 Å². The van der Waals surface area contributed by atoms with E-state index < -0.39 is 0 Å². The molecule has 0 amide bonds. The van der Waals surface area contributed by atoms with Crippen LogP contribution in [-0.4, -0.2) is 9.13 Å². The molecule has 4 heteroatoms. The minimum atomic E-state index is 0.614. The van der Waals surface area contributed by atoms with Crippen molar-refractivity contribution in [2.45, 2.75) is 0 Å². The van der Waals surface area contributed by atoms with Crippen LogP contribution in [0.1, 0.15) is 11.1 Å². The first-order valence-electron chi connectivity index (χ1n) is 10.1. The van der Waals surface area contributed by atoms with E-state index in [0.717, 1.165) is 27.5 Å². The Hall–Kier alpha value is -4.54. The molecular formula is C27H16N4. The Morgan fingerprint density at radius 1 is 0.581 bits per heavy atom. The molecule has 4 aromatic carbocycles. The van der Waals surface area contributed by atoms with Crippen molar-refractivity contribution in [3.8, 4) is 17.8 Å². The number of aromatic nitrogens is 2. The second-order valence-electron chi connectivity index (χ2n) is 7.80. The fourth-order valence-corrected chi connectivity index (χ4v) is 4.73. The van der Waals surface area contributed by atoms with Gasteiger partial charge >= 0.3 is 0 Å². The number of hydrogen-bond acceptors (Lipinski definition) is 2. The molecule has 4 nitrogen and oxygen atoms in total. The third kappa shape index (κ3) is 2.34. The predicted octanol–water partition coefficient (Wildman–Crippen LogP) is 6.17. The highest BCUT2D eigenvalue weighted by Crippen LogP contribution is 2.35. The summed E-state index contributed by atoms with van der Waals surface area (Å²) in [5.41, 5.74) is 6.52. The zero-order chi connectivity index (χ0) is 21.1. The third-order valence-electron chi connectivity index (χ3n) is 6.18. The maximum absolute atomic E-state index is 9.47. The van der Waals surface area contributed by atoms with Gasteiger partial charge in [-0.2, -0.15) is 10.5 Å². The lowest BCUT2D eigenvalue weighted by Gasteiger charge is -2.09. The van der Waals surface area contributed by atoms with Crippen LogP contribution < -0.4 is 0 Å². The molecule has 31 heavy (non-hydrogen) atoms. The van der Waals surface area contributed by atoms with Crippen LogP contribution in [-0.2, 0) is 7.05 Å². The van der Waals surface area contributed by atoms with Gasteiger partial charge in [0.15, 0.2) is 0 Å². The largest absolute Gasteiger partial charge is 0.344 e. The van der Waals surface area contributed by atoms with Crippen LogP contribution >= 0.6 is 0 Å². The zero-order valence-electron chi connectivity index (χ0n) is 16.8. The Kier molecular flexibility index (Phi) is 3.48. The Morgan fingerprint density at radius 2 is 1.16 bits per heavy atom. The molecule has 0 fully saturated rings. The molecule has 144 valence electrons. The molecule has 0 aliphatic carbocycles. The van der Waals surface area contributed by atoms with E-state index in [9.17, 15) is 10.5 Å². The zero-order valence-corrected chi connectivity index (χ0v) is 16.8. The quantitative estimate of drug-likeness (QED) is 0.334. The molecule has 0 bridgehead atoms. The number of benzene rings is 4. The lowest BCUT2D eigenvalue weighted by Crippen LogP contribution is -1.95. The lowest BCUT2D eigenvalue weighted by atomic mass is 10.1. The predicted molar refractivity (Wildman–Crippen MR) is 124 cm³/mol. The average Bonchev–Trinajstić information content (AvgIpc) is 3.30. The Labute approximate surface area is 178 Å². The second-order valence-corrected chi connectivity index (χ2v) is 7.80. The highest BCUT2D eigenvalue weighted by molar-refractivity contribution is 6.11. The van der Waals surface area contributed by atoms with Crippen LogP contribution in [0.25, 0.3) is 49.3 Å². The molecule has 0 saturated heterocycles. The van der Waals surface area contributed by atoms with Gasteiger partial charge in [-0.1, -0.05) is 30.3 Å². The van der Waals surface area contributed by atoms with Gasteiger partial charge in [0.25, 0.3) is 0 Å².